The van der Waals surface area contributed by atoms with E-state index in [2.05, 4.69) is 6.07 Å². The van der Waals surface area contributed by atoms with Crippen molar-refractivity contribution in [2.75, 3.05) is 5.75 Å². The molecule has 18 heavy (non-hydrogen) atoms. The Morgan fingerprint density at radius 2 is 2.22 bits per heavy atom. The SMILES string of the molecule is OC(Cc1ccc(Cl)s1)c1cc2c(s1)CCSC2. The molecule has 1 unspecified atom stereocenters. The van der Waals surface area contributed by atoms with E-state index in [1.165, 1.54) is 16.2 Å². The van der Waals surface area contributed by atoms with Crippen LogP contribution in [0.4, 0.5) is 0 Å². The van der Waals surface area contributed by atoms with Gasteiger partial charge in [-0.15, -0.1) is 22.7 Å². The molecule has 2 aromatic rings. The smallest absolute Gasteiger partial charge is 0.0931 e. The highest BCUT2D eigenvalue weighted by Crippen LogP contribution is 2.36. The number of halogens is 1. The summed E-state index contributed by atoms with van der Waals surface area (Å²) in [6.07, 6.45) is 1.44. The van der Waals surface area contributed by atoms with Gasteiger partial charge in [0.2, 0.25) is 0 Å². The van der Waals surface area contributed by atoms with Crippen molar-refractivity contribution in [3.05, 3.63) is 42.7 Å². The predicted molar refractivity (Wildman–Crippen MR) is 82.2 cm³/mol. The number of rotatable bonds is 3. The van der Waals surface area contributed by atoms with Crippen molar-refractivity contribution in [3.8, 4) is 0 Å². The van der Waals surface area contributed by atoms with Gasteiger partial charge in [0.25, 0.3) is 0 Å². The fourth-order valence-electron chi connectivity index (χ4n) is 2.09. The second kappa shape index (κ2) is 5.55. The van der Waals surface area contributed by atoms with Crippen molar-refractivity contribution in [2.45, 2.75) is 24.7 Å². The van der Waals surface area contributed by atoms with E-state index in [1.54, 1.807) is 22.7 Å². The first-order valence-corrected chi connectivity index (χ1v) is 9.00. The molecular weight excluding hydrogens is 304 g/mol. The molecule has 1 nitrogen and oxygen atoms in total. The van der Waals surface area contributed by atoms with E-state index >= 15 is 0 Å². The predicted octanol–water partition coefficient (Wildman–Crippen LogP) is 4.53. The number of fused-ring (bicyclic) bond motifs is 1. The Morgan fingerprint density at radius 3 is 2.94 bits per heavy atom. The van der Waals surface area contributed by atoms with Gasteiger partial charge in [-0.1, -0.05) is 11.6 Å². The summed E-state index contributed by atoms with van der Waals surface area (Å²) in [7, 11) is 0. The van der Waals surface area contributed by atoms with Gasteiger partial charge in [0, 0.05) is 26.8 Å². The van der Waals surface area contributed by atoms with E-state index in [-0.39, 0.29) is 6.10 Å². The highest BCUT2D eigenvalue weighted by Gasteiger charge is 2.18. The molecule has 3 rings (SSSR count). The molecule has 96 valence electrons. The Hall–Kier alpha value is -0.000000000000000111. The zero-order chi connectivity index (χ0) is 12.5. The van der Waals surface area contributed by atoms with E-state index < -0.39 is 0 Å². The summed E-state index contributed by atoms with van der Waals surface area (Å²) >= 11 is 11.2. The van der Waals surface area contributed by atoms with E-state index in [4.69, 9.17) is 11.6 Å². The van der Waals surface area contributed by atoms with Gasteiger partial charge in [0.15, 0.2) is 0 Å². The average Bonchev–Trinajstić information content (AvgIpc) is 2.95. The number of hydrogen-bond donors (Lipinski definition) is 1. The fourth-order valence-corrected chi connectivity index (χ4v) is 5.57. The molecule has 0 saturated carbocycles. The zero-order valence-corrected chi connectivity index (χ0v) is 12.9. The minimum atomic E-state index is -0.389. The van der Waals surface area contributed by atoms with Crippen LogP contribution in [0.2, 0.25) is 4.34 Å². The fraction of sp³-hybridized carbons (Fsp3) is 0.385. The van der Waals surface area contributed by atoms with Gasteiger partial charge in [-0.2, -0.15) is 11.8 Å². The van der Waals surface area contributed by atoms with Gasteiger partial charge in [0.05, 0.1) is 10.4 Å². The molecule has 0 radical (unpaired) electrons. The molecule has 3 heterocycles. The zero-order valence-electron chi connectivity index (χ0n) is 9.69. The van der Waals surface area contributed by atoms with Gasteiger partial charge >= 0.3 is 0 Å². The quantitative estimate of drug-likeness (QED) is 0.898. The van der Waals surface area contributed by atoms with Crippen LogP contribution in [0.1, 0.15) is 26.3 Å². The summed E-state index contributed by atoms with van der Waals surface area (Å²) < 4.78 is 0.791. The highest BCUT2D eigenvalue weighted by molar-refractivity contribution is 7.98. The summed E-state index contributed by atoms with van der Waals surface area (Å²) in [5, 5.41) is 10.3. The second-order valence-electron chi connectivity index (χ2n) is 4.33. The van der Waals surface area contributed by atoms with Crippen molar-refractivity contribution < 1.29 is 5.11 Å². The van der Waals surface area contributed by atoms with Crippen LogP contribution in [-0.4, -0.2) is 10.9 Å². The second-order valence-corrected chi connectivity index (χ2v) is 8.40. The molecule has 1 aliphatic heterocycles. The van der Waals surface area contributed by atoms with E-state index in [1.807, 2.05) is 23.9 Å². The number of aryl methyl sites for hydroxylation is 1. The van der Waals surface area contributed by atoms with Gasteiger partial charge in [-0.05, 0) is 35.9 Å². The maximum Gasteiger partial charge on any atom is 0.0931 e. The summed E-state index contributed by atoms with van der Waals surface area (Å²) in [6.45, 7) is 0. The van der Waals surface area contributed by atoms with Crippen molar-refractivity contribution in [1.29, 1.82) is 0 Å². The molecule has 0 aromatic carbocycles. The molecule has 0 amide bonds. The molecular formula is C13H13ClOS3. The van der Waals surface area contributed by atoms with Gasteiger partial charge < -0.3 is 5.11 Å². The summed E-state index contributed by atoms with van der Waals surface area (Å²) in [5.41, 5.74) is 1.43. The van der Waals surface area contributed by atoms with E-state index in [9.17, 15) is 5.11 Å². The average molecular weight is 317 g/mol. The van der Waals surface area contributed by atoms with Crippen molar-refractivity contribution in [2.24, 2.45) is 0 Å². The third-order valence-electron chi connectivity index (χ3n) is 3.00. The van der Waals surface area contributed by atoms with Crippen molar-refractivity contribution >= 4 is 46.0 Å². The Bertz CT molecular complexity index is 523. The lowest BCUT2D eigenvalue weighted by molar-refractivity contribution is 0.183. The number of aliphatic hydroxyl groups is 1. The van der Waals surface area contributed by atoms with Gasteiger partial charge in [-0.25, -0.2) is 0 Å². The van der Waals surface area contributed by atoms with Crippen LogP contribution in [0.5, 0.6) is 0 Å². The first-order chi connectivity index (χ1) is 8.72. The molecule has 5 heteroatoms. The minimum absolute atomic E-state index is 0.389. The first kappa shape index (κ1) is 13.0. The lowest BCUT2D eigenvalue weighted by atomic mass is 10.1. The number of thioether (sulfide) groups is 1. The van der Waals surface area contributed by atoms with Crippen LogP contribution < -0.4 is 0 Å². The molecule has 1 atom stereocenters. The molecule has 1 N–H and O–H groups in total. The van der Waals surface area contributed by atoms with Crippen LogP contribution >= 0.6 is 46.0 Å². The van der Waals surface area contributed by atoms with Crippen LogP contribution in [0.3, 0.4) is 0 Å². The first-order valence-electron chi connectivity index (χ1n) is 5.84. The lowest BCUT2D eigenvalue weighted by Gasteiger charge is -2.08. The Kier molecular flexibility index (Phi) is 4.01. The van der Waals surface area contributed by atoms with Crippen LogP contribution in [0.25, 0.3) is 0 Å². The summed E-state index contributed by atoms with van der Waals surface area (Å²) in [4.78, 5) is 3.72. The topological polar surface area (TPSA) is 20.2 Å². The molecule has 0 aliphatic carbocycles. The third kappa shape index (κ3) is 2.78. The normalized spacial score (nSPS) is 16.6. The van der Waals surface area contributed by atoms with Crippen LogP contribution in [0.15, 0.2) is 18.2 Å². The van der Waals surface area contributed by atoms with Crippen molar-refractivity contribution in [3.63, 3.8) is 0 Å². The third-order valence-corrected chi connectivity index (χ3v) is 6.60. The van der Waals surface area contributed by atoms with Gasteiger partial charge in [-0.3, -0.25) is 0 Å². The summed E-state index contributed by atoms with van der Waals surface area (Å²) in [5.74, 6) is 2.31. The molecule has 0 bridgehead atoms. The Labute approximate surface area is 124 Å². The van der Waals surface area contributed by atoms with E-state index in [0.717, 1.165) is 26.3 Å². The molecule has 0 spiro atoms. The molecule has 0 saturated heterocycles. The molecule has 0 fully saturated rings. The lowest BCUT2D eigenvalue weighted by Crippen LogP contribution is -1.97. The molecule has 1 aliphatic rings. The number of thiophene rings is 2. The Morgan fingerprint density at radius 1 is 1.33 bits per heavy atom. The minimum Gasteiger partial charge on any atom is -0.387 e. The molecule has 2 aromatic heterocycles. The number of aliphatic hydroxyl groups excluding tert-OH is 1. The van der Waals surface area contributed by atoms with Crippen LogP contribution in [-0.2, 0) is 18.6 Å². The number of hydrogen-bond acceptors (Lipinski definition) is 4. The van der Waals surface area contributed by atoms with Crippen LogP contribution in [0, 0.1) is 0 Å². The van der Waals surface area contributed by atoms with Gasteiger partial charge in [0.1, 0.15) is 0 Å². The maximum absolute atomic E-state index is 10.3. The summed E-state index contributed by atoms with van der Waals surface area (Å²) in [6, 6.07) is 6.08. The Balaban J connectivity index is 1.75. The highest BCUT2D eigenvalue weighted by atomic mass is 35.5. The largest absolute Gasteiger partial charge is 0.387 e. The monoisotopic (exact) mass is 316 g/mol. The standard InChI is InChI=1S/C13H13ClOS3/c14-13-2-1-9(17-13)6-10(15)12-5-8-7-16-4-3-11(8)18-12/h1-2,5,10,15H,3-4,6-7H2. The maximum atomic E-state index is 10.3. The van der Waals surface area contributed by atoms with E-state index in [0.29, 0.717) is 6.42 Å². The van der Waals surface area contributed by atoms with Crippen molar-refractivity contribution in [1.82, 2.24) is 0 Å².